The largest absolute Gasteiger partial charge is 0.384 e. The summed E-state index contributed by atoms with van der Waals surface area (Å²) in [6, 6.07) is 1.41. The van der Waals surface area contributed by atoms with E-state index in [9.17, 15) is 8.42 Å². The molecule has 0 aromatic rings. The topological polar surface area (TPSA) is 79.2 Å². The van der Waals surface area contributed by atoms with Crippen molar-refractivity contribution in [3.05, 3.63) is 0 Å². The van der Waals surface area contributed by atoms with E-state index in [2.05, 4.69) is 9.46 Å². The van der Waals surface area contributed by atoms with Gasteiger partial charge in [0, 0.05) is 7.11 Å². The molecule has 1 aliphatic carbocycles. The number of methoxy groups -OCH3 is 1. The number of ether oxygens (including phenoxy) is 1. The Labute approximate surface area is 84.1 Å². The van der Waals surface area contributed by atoms with Gasteiger partial charge in [0.05, 0.1) is 18.4 Å². The summed E-state index contributed by atoms with van der Waals surface area (Å²) >= 11 is 0. The van der Waals surface area contributed by atoms with Gasteiger partial charge in [0.2, 0.25) is 10.0 Å². The van der Waals surface area contributed by atoms with Crippen LogP contribution >= 0.6 is 0 Å². The van der Waals surface area contributed by atoms with E-state index >= 15 is 0 Å². The van der Waals surface area contributed by atoms with Gasteiger partial charge in [-0.3, -0.25) is 0 Å². The predicted octanol–water partition coefficient (Wildman–Crippen LogP) is -0.146. The molecule has 80 valence electrons. The van der Waals surface area contributed by atoms with Crippen LogP contribution in [0.15, 0.2) is 0 Å². The Balaban J connectivity index is 2.44. The summed E-state index contributed by atoms with van der Waals surface area (Å²) < 4.78 is 29.7. The number of nitrogens with one attached hydrogen (secondary N) is 1. The first-order valence-corrected chi connectivity index (χ1v) is 6.13. The Hall–Kier alpha value is -0.640. The number of hydrogen-bond donors (Lipinski definition) is 1. The molecule has 0 saturated heterocycles. The smallest absolute Gasteiger partial charge is 0.215 e. The molecule has 0 amide bonds. The van der Waals surface area contributed by atoms with E-state index in [0.29, 0.717) is 0 Å². The Morgan fingerprint density at radius 2 is 2.29 bits per heavy atom. The van der Waals surface area contributed by atoms with Crippen LogP contribution < -0.4 is 4.72 Å². The van der Waals surface area contributed by atoms with Crippen molar-refractivity contribution in [1.29, 1.82) is 5.26 Å². The van der Waals surface area contributed by atoms with Crippen LogP contribution in [-0.4, -0.2) is 33.9 Å². The molecule has 0 aliphatic heterocycles. The lowest BCUT2D eigenvalue weighted by Gasteiger charge is -2.10. The van der Waals surface area contributed by atoms with Gasteiger partial charge in [-0.2, -0.15) is 9.98 Å². The van der Waals surface area contributed by atoms with E-state index in [4.69, 9.17) is 5.26 Å². The van der Waals surface area contributed by atoms with Crippen molar-refractivity contribution < 1.29 is 13.2 Å². The molecule has 0 heterocycles. The van der Waals surface area contributed by atoms with Crippen molar-refractivity contribution >= 4 is 10.0 Å². The van der Waals surface area contributed by atoms with Crippen molar-refractivity contribution in [1.82, 2.24) is 4.72 Å². The summed E-state index contributed by atoms with van der Waals surface area (Å²) in [6.07, 6.45) is 1.87. The zero-order valence-electron chi connectivity index (χ0n) is 8.06. The fraction of sp³-hybridized carbons (Fsp3) is 0.875. The highest BCUT2D eigenvalue weighted by molar-refractivity contribution is 7.89. The lowest BCUT2D eigenvalue weighted by Crippen LogP contribution is -2.37. The third kappa shape index (κ3) is 3.62. The maximum atomic E-state index is 11.3. The predicted molar refractivity (Wildman–Crippen MR) is 50.9 cm³/mol. The number of hydrogen-bond acceptors (Lipinski definition) is 4. The number of rotatable bonds is 6. The molecule has 1 N–H and O–H groups in total. The third-order valence-corrected chi connectivity index (χ3v) is 3.41. The van der Waals surface area contributed by atoms with Crippen molar-refractivity contribution in [2.45, 2.75) is 18.9 Å². The third-order valence-electron chi connectivity index (χ3n) is 2.10. The molecule has 5 nitrogen and oxygen atoms in total. The number of sulfonamides is 1. The monoisotopic (exact) mass is 218 g/mol. The molecule has 14 heavy (non-hydrogen) atoms. The quantitative estimate of drug-likeness (QED) is 0.672. The van der Waals surface area contributed by atoms with Gasteiger partial charge in [-0.05, 0) is 18.8 Å². The van der Waals surface area contributed by atoms with Crippen LogP contribution in [0.25, 0.3) is 0 Å². The van der Waals surface area contributed by atoms with Crippen LogP contribution in [0, 0.1) is 17.2 Å². The summed E-state index contributed by atoms with van der Waals surface area (Å²) in [4.78, 5) is 0. The molecule has 1 unspecified atom stereocenters. The fourth-order valence-corrected chi connectivity index (χ4v) is 2.24. The lowest BCUT2D eigenvalue weighted by atomic mass is 10.2. The minimum Gasteiger partial charge on any atom is -0.384 e. The molecule has 1 saturated carbocycles. The maximum absolute atomic E-state index is 11.3. The molecule has 0 spiro atoms. The van der Waals surface area contributed by atoms with Crippen molar-refractivity contribution in [3.63, 3.8) is 0 Å². The Morgan fingerprint density at radius 3 is 2.71 bits per heavy atom. The molecule has 1 fully saturated rings. The summed E-state index contributed by atoms with van der Waals surface area (Å²) in [7, 11) is -1.91. The Kier molecular flexibility index (Phi) is 3.86. The second kappa shape index (κ2) is 4.73. The molecule has 0 bridgehead atoms. The minimum atomic E-state index is -3.36. The zero-order valence-corrected chi connectivity index (χ0v) is 8.88. The first kappa shape index (κ1) is 11.4. The van der Waals surface area contributed by atoms with Crippen molar-refractivity contribution in [2.24, 2.45) is 5.92 Å². The molecule has 0 aromatic carbocycles. The molecule has 0 radical (unpaired) electrons. The van der Waals surface area contributed by atoms with Gasteiger partial charge in [-0.15, -0.1) is 0 Å². The van der Waals surface area contributed by atoms with Gasteiger partial charge in [0.15, 0.2) is 0 Å². The minimum absolute atomic E-state index is 0.0889. The van der Waals surface area contributed by atoms with E-state index in [1.54, 1.807) is 0 Å². The van der Waals surface area contributed by atoms with Crippen LogP contribution in [0.1, 0.15) is 12.8 Å². The molecular formula is C8H14N2O3S. The molecule has 1 aliphatic rings. The van der Waals surface area contributed by atoms with Crippen LogP contribution in [0.5, 0.6) is 0 Å². The fourth-order valence-electron chi connectivity index (χ4n) is 1.10. The number of nitrogens with zero attached hydrogens (tertiary/aromatic N) is 1. The van der Waals surface area contributed by atoms with Crippen LogP contribution in [0.3, 0.4) is 0 Å². The first-order valence-electron chi connectivity index (χ1n) is 4.47. The lowest BCUT2D eigenvalue weighted by molar-refractivity contribution is 0.217. The highest BCUT2D eigenvalue weighted by atomic mass is 32.2. The van der Waals surface area contributed by atoms with E-state index in [1.165, 1.54) is 7.11 Å². The van der Waals surface area contributed by atoms with Crippen LogP contribution in [-0.2, 0) is 14.8 Å². The average molecular weight is 218 g/mol. The normalized spacial score (nSPS) is 18.9. The van der Waals surface area contributed by atoms with Gasteiger partial charge in [0.1, 0.15) is 6.04 Å². The van der Waals surface area contributed by atoms with Gasteiger partial charge in [0.25, 0.3) is 0 Å². The van der Waals surface area contributed by atoms with Gasteiger partial charge in [-0.25, -0.2) is 8.42 Å². The van der Waals surface area contributed by atoms with E-state index in [-0.39, 0.29) is 18.3 Å². The summed E-state index contributed by atoms with van der Waals surface area (Å²) in [5.74, 6) is 0.117. The van der Waals surface area contributed by atoms with E-state index < -0.39 is 16.1 Å². The van der Waals surface area contributed by atoms with Crippen molar-refractivity contribution in [2.75, 3.05) is 19.5 Å². The standard InChI is InChI=1S/C8H14N2O3S/c1-13-4-5-14(11,12)10-8(6-9)7-2-3-7/h7-8,10H,2-5H2,1H3. The average Bonchev–Trinajstić information content (AvgIpc) is 2.94. The molecule has 1 atom stereocenters. The zero-order chi connectivity index (χ0) is 10.6. The van der Waals surface area contributed by atoms with Gasteiger partial charge in [-0.1, -0.05) is 0 Å². The highest BCUT2D eigenvalue weighted by Gasteiger charge is 2.33. The maximum Gasteiger partial charge on any atom is 0.215 e. The Morgan fingerprint density at radius 1 is 1.64 bits per heavy atom. The number of nitriles is 1. The second-order valence-electron chi connectivity index (χ2n) is 3.37. The van der Waals surface area contributed by atoms with Gasteiger partial charge >= 0.3 is 0 Å². The highest BCUT2D eigenvalue weighted by Crippen LogP contribution is 2.32. The van der Waals surface area contributed by atoms with E-state index in [1.807, 2.05) is 6.07 Å². The first-order chi connectivity index (χ1) is 6.59. The van der Waals surface area contributed by atoms with E-state index in [0.717, 1.165) is 12.8 Å². The summed E-state index contributed by atoms with van der Waals surface area (Å²) in [6.45, 7) is 0.151. The van der Waals surface area contributed by atoms with Crippen LogP contribution in [0.4, 0.5) is 0 Å². The SMILES string of the molecule is COCCS(=O)(=O)NC(C#N)C1CC1. The molecule has 0 aromatic heterocycles. The Bertz CT molecular complexity index is 316. The molecule has 6 heteroatoms. The molecular weight excluding hydrogens is 204 g/mol. The molecule has 1 rings (SSSR count). The van der Waals surface area contributed by atoms with Crippen LogP contribution in [0.2, 0.25) is 0 Å². The summed E-state index contributed by atoms with van der Waals surface area (Å²) in [5.41, 5.74) is 0. The summed E-state index contributed by atoms with van der Waals surface area (Å²) in [5, 5.41) is 8.72. The van der Waals surface area contributed by atoms with Crippen molar-refractivity contribution in [3.8, 4) is 6.07 Å². The van der Waals surface area contributed by atoms with Gasteiger partial charge < -0.3 is 4.74 Å². The second-order valence-corrected chi connectivity index (χ2v) is 5.25.